The average molecular weight is 333 g/mol. The van der Waals surface area contributed by atoms with Crippen LogP contribution in [0.15, 0.2) is 24.3 Å². The lowest BCUT2D eigenvalue weighted by molar-refractivity contribution is -0.157. The number of fused-ring (bicyclic) bond motifs is 2. The first-order valence-corrected chi connectivity index (χ1v) is 8.83. The van der Waals surface area contributed by atoms with Crippen molar-refractivity contribution < 1.29 is 9.18 Å². The number of piperazine rings is 1. The number of benzene rings is 1. The number of hydrogen-bond donors (Lipinski definition) is 0. The first-order chi connectivity index (χ1) is 11.4. The highest BCUT2D eigenvalue weighted by Gasteiger charge is 2.49. The van der Waals surface area contributed by atoms with E-state index in [1.807, 2.05) is 19.0 Å². The van der Waals surface area contributed by atoms with Crippen molar-refractivity contribution in [1.82, 2.24) is 14.7 Å². The van der Waals surface area contributed by atoms with E-state index in [4.69, 9.17) is 0 Å². The van der Waals surface area contributed by atoms with Crippen molar-refractivity contribution in [3.8, 4) is 0 Å². The van der Waals surface area contributed by atoms with Crippen LogP contribution in [0.4, 0.5) is 4.39 Å². The lowest BCUT2D eigenvalue weighted by Crippen LogP contribution is -2.71. The molecule has 0 spiro atoms. The minimum absolute atomic E-state index is 0.194. The Bertz CT molecular complexity index is 575. The normalized spacial score (nSPS) is 25.0. The van der Waals surface area contributed by atoms with E-state index in [0.717, 1.165) is 25.1 Å². The topological polar surface area (TPSA) is 26.8 Å². The maximum atomic E-state index is 13.2. The summed E-state index contributed by atoms with van der Waals surface area (Å²) in [7, 11) is 3.95. The molecule has 3 fully saturated rings. The summed E-state index contributed by atoms with van der Waals surface area (Å²) in [6.45, 7) is 7.01. The van der Waals surface area contributed by atoms with Crippen LogP contribution in [-0.4, -0.2) is 72.5 Å². The Morgan fingerprint density at radius 2 is 1.79 bits per heavy atom. The number of piperidine rings is 1. The molecule has 3 aliphatic rings. The van der Waals surface area contributed by atoms with E-state index in [1.165, 1.54) is 12.1 Å². The Balaban J connectivity index is 1.77. The zero-order valence-electron chi connectivity index (χ0n) is 15.1. The Labute approximate surface area is 144 Å². The molecule has 1 amide bonds. The van der Waals surface area contributed by atoms with Crippen LogP contribution < -0.4 is 0 Å². The van der Waals surface area contributed by atoms with Crippen LogP contribution in [0.5, 0.6) is 0 Å². The van der Waals surface area contributed by atoms with Gasteiger partial charge in [0.2, 0.25) is 5.91 Å². The number of halogens is 1. The van der Waals surface area contributed by atoms with Crippen LogP contribution >= 0.6 is 0 Å². The van der Waals surface area contributed by atoms with Crippen molar-refractivity contribution in [2.75, 3.05) is 33.7 Å². The van der Waals surface area contributed by atoms with E-state index >= 15 is 0 Å². The van der Waals surface area contributed by atoms with Gasteiger partial charge < -0.3 is 9.80 Å². The molecule has 0 aliphatic carbocycles. The molecule has 0 saturated carbocycles. The zero-order valence-corrected chi connectivity index (χ0v) is 15.1. The van der Waals surface area contributed by atoms with Gasteiger partial charge >= 0.3 is 0 Å². The first-order valence-electron chi connectivity index (χ1n) is 8.83. The maximum Gasteiger partial charge on any atom is 0.232 e. The molecule has 0 N–H and O–H groups in total. The van der Waals surface area contributed by atoms with Crippen LogP contribution in [0.25, 0.3) is 0 Å². The van der Waals surface area contributed by atoms with E-state index in [0.29, 0.717) is 24.7 Å². The van der Waals surface area contributed by atoms with Gasteiger partial charge in [0.05, 0.1) is 5.92 Å². The molecule has 24 heavy (non-hydrogen) atoms. The molecular weight excluding hydrogens is 305 g/mol. The largest absolute Gasteiger partial charge is 0.333 e. The van der Waals surface area contributed by atoms with Crippen LogP contribution in [0.2, 0.25) is 0 Å². The van der Waals surface area contributed by atoms with Gasteiger partial charge in [-0.05, 0) is 52.1 Å². The summed E-state index contributed by atoms with van der Waals surface area (Å²) in [5.74, 6) is -0.292. The number of amides is 1. The number of likely N-dealkylation sites (N-methyl/N-ethyl adjacent to an activating group) is 1. The summed E-state index contributed by atoms with van der Waals surface area (Å²) in [6.07, 6.45) is 1.12. The molecule has 132 valence electrons. The van der Waals surface area contributed by atoms with Crippen molar-refractivity contribution in [2.45, 2.75) is 44.3 Å². The van der Waals surface area contributed by atoms with E-state index in [9.17, 15) is 9.18 Å². The standard InChI is InChI=1S/C19H28FN3O/c1-13(2)22-10-16-9-17(11-22)23(16)19(24)18(12-21(3)4)14-5-7-15(20)8-6-14/h5-8,13,16-18H,9-12H2,1-4H3. The summed E-state index contributed by atoms with van der Waals surface area (Å²) in [6, 6.07) is 7.59. The fourth-order valence-corrected chi connectivity index (χ4v) is 3.99. The minimum Gasteiger partial charge on any atom is -0.333 e. The van der Waals surface area contributed by atoms with Gasteiger partial charge in [0.25, 0.3) is 0 Å². The molecular formula is C19H28FN3O. The monoisotopic (exact) mass is 333 g/mol. The van der Waals surface area contributed by atoms with Crippen molar-refractivity contribution >= 4 is 5.91 Å². The van der Waals surface area contributed by atoms with Gasteiger partial charge in [-0.15, -0.1) is 0 Å². The molecule has 4 nitrogen and oxygen atoms in total. The number of nitrogens with zero attached hydrogens (tertiary/aromatic N) is 3. The van der Waals surface area contributed by atoms with Gasteiger partial charge in [0.1, 0.15) is 5.82 Å². The second-order valence-corrected chi connectivity index (χ2v) is 7.70. The molecule has 4 rings (SSSR count). The highest BCUT2D eigenvalue weighted by Crippen LogP contribution is 2.36. The third-order valence-electron chi connectivity index (χ3n) is 5.32. The van der Waals surface area contributed by atoms with E-state index in [2.05, 4.69) is 23.6 Å². The molecule has 1 aromatic carbocycles. The molecule has 5 heteroatoms. The summed E-state index contributed by atoms with van der Waals surface area (Å²) in [4.78, 5) is 19.8. The first kappa shape index (κ1) is 17.4. The molecule has 3 saturated heterocycles. The third-order valence-corrected chi connectivity index (χ3v) is 5.32. The molecule has 3 unspecified atom stereocenters. The van der Waals surface area contributed by atoms with E-state index < -0.39 is 0 Å². The van der Waals surface area contributed by atoms with Crippen molar-refractivity contribution in [3.05, 3.63) is 35.6 Å². The van der Waals surface area contributed by atoms with E-state index in [1.54, 1.807) is 12.1 Å². The van der Waals surface area contributed by atoms with Crippen molar-refractivity contribution in [3.63, 3.8) is 0 Å². The second kappa shape index (κ2) is 6.81. The van der Waals surface area contributed by atoms with Crippen molar-refractivity contribution in [1.29, 1.82) is 0 Å². The molecule has 0 aromatic heterocycles. The van der Waals surface area contributed by atoms with E-state index in [-0.39, 0.29) is 17.6 Å². The van der Waals surface area contributed by atoms with Gasteiger partial charge in [0, 0.05) is 37.8 Å². The van der Waals surface area contributed by atoms with Gasteiger partial charge in [-0.25, -0.2) is 4.39 Å². The number of carbonyl (C=O) groups is 1. The van der Waals surface area contributed by atoms with Gasteiger partial charge in [-0.2, -0.15) is 0 Å². The van der Waals surface area contributed by atoms with Crippen LogP contribution in [0.1, 0.15) is 31.7 Å². The predicted molar refractivity (Wildman–Crippen MR) is 93.4 cm³/mol. The number of hydrogen-bond acceptors (Lipinski definition) is 3. The Hall–Kier alpha value is -1.46. The summed E-state index contributed by atoms with van der Waals surface area (Å²) < 4.78 is 13.2. The Morgan fingerprint density at radius 3 is 2.29 bits per heavy atom. The molecule has 0 radical (unpaired) electrons. The highest BCUT2D eigenvalue weighted by molar-refractivity contribution is 5.85. The average Bonchev–Trinajstić information content (AvgIpc) is 2.53. The fourth-order valence-electron chi connectivity index (χ4n) is 3.99. The lowest BCUT2D eigenvalue weighted by Gasteiger charge is -2.58. The third kappa shape index (κ3) is 3.33. The zero-order chi connectivity index (χ0) is 17.4. The second-order valence-electron chi connectivity index (χ2n) is 7.70. The van der Waals surface area contributed by atoms with Crippen LogP contribution in [0, 0.1) is 5.82 Å². The Kier molecular flexibility index (Phi) is 4.92. The smallest absolute Gasteiger partial charge is 0.232 e. The maximum absolute atomic E-state index is 13.2. The lowest BCUT2D eigenvalue weighted by atomic mass is 9.84. The fraction of sp³-hybridized carbons (Fsp3) is 0.632. The summed E-state index contributed by atoms with van der Waals surface area (Å²) >= 11 is 0. The molecule has 3 atom stereocenters. The molecule has 2 bridgehead atoms. The molecule has 3 heterocycles. The number of rotatable bonds is 5. The quantitative estimate of drug-likeness (QED) is 0.826. The SMILES string of the molecule is CC(C)N1CC2CC(C1)N2C(=O)C(CN(C)C)c1ccc(F)cc1. The molecule has 1 aromatic rings. The molecule has 3 aliphatic heterocycles. The minimum atomic E-state index is -0.261. The van der Waals surface area contributed by atoms with Gasteiger partial charge in [0.15, 0.2) is 0 Å². The van der Waals surface area contributed by atoms with Gasteiger partial charge in [-0.3, -0.25) is 9.69 Å². The predicted octanol–water partition coefficient (Wildman–Crippen LogP) is 2.16. The summed E-state index contributed by atoms with van der Waals surface area (Å²) in [5.41, 5.74) is 0.904. The number of carbonyl (C=O) groups excluding carboxylic acids is 1. The summed E-state index contributed by atoms with van der Waals surface area (Å²) in [5, 5.41) is 0. The van der Waals surface area contributed by atoms with Crippen LogP contribution in [0.3, 0.4) is 0 Å². The van der Waals surface area contributed by atoms with Crippen molar-refractivity contribution in [2.24, 2.45) is 0 Å². The van der Waals surface area contributed by atoms with Gasteiger partial charge in [-0.1, -0.05) is 12.1 Å². The Morgan fingerprint density at radius 1 is 1.21 bits per heavy atom. The van der Waals surface area contributed by atoms with Crippen LogP contribution in [-0.2, 0) is 4.79 Å². The highest BCUT2D eigenvalue weighted by atomic mass is 19.1.